The van der Waals surface area contributed by atoms with E-state index >= 15 is 0 Å². The summed E-state index contributed by atoms with van der Waals surface area (Å²) in [6.45, 7) is 0. The highest BCUT2D eigenvalue weighted by molar-refractivity contribution is 7.15. The number of aromatic nitrogens is 3. The molecular formula is C19H13N3O3S. The first-order valence-corrected chi connectivity index (χ1v) is 8.62. The molecule has 0 atom stereocenters. The quantitative estimate of drug-likeness (QED) is 0.554. The number of thiazole rings is 1. The normalized spacial score (nSPS) is 11.8. The van der Waals surface area contributed by atoms with E-state index in [2.05, 4.69) is 10.1 Å². The molecule has 0 unspecified atom stereocenters. The van der Waals surface area contributed by atoms with Crippen LogP contribution in [0.1, 0.15) is 5.56 Å². The van der Waals surface area contributed by atoms with Gasteiger partial charge in [0.1, 0.15) is 5.75 Å². The molecule has 0 fully saturated rings. The van der Waals surface area contributed by atoms with Gasteiger partial charge in [-0.15, -0.1) is 0 Å². The third-order valence-corrected chi connectivity index (χ3v) is 4.81. The maximum atomic E-state index is 12.7. The Morgan fingerprint density at radius 2 is 1.77 bits per heavy atom. The Morgan fingerprint density at radius 1 is 1.04 bits per heavy atom. The Hall–Kier alpha value is -3.32. The predicted molar refractivity (Wildman–Crippen MR) is 101 cm³/mol. The van der Waals surface area contributed by atoms with Gasteiger partial charge in [0.2, 0.25) is 4.96 Å². The smallest absolute Gasteiger partial charge is 0.300 e. The minimum atomic E-state index is -0.451. The fourth-order valence-corrected chi connectivity index (χ4v) is 3.44. The van der Waals surface area contributed by atoms with Crippen molar-refractivity contribution in [1.29, 1.82) is 0 Å². The summed E-state index contributed by atoms with van der Waals surface area (Å²) in [6.07, 6.45) is 1.75. The van der Waals surface area contributed by atoms with Crippen LogP contribution in [0.5, 0.6) is 5.75 Å². The van der Waals surface area contributed by atoms with Crippen molar-refractivity contribution in [3.05, 3.63) is 85.4 Å². The van der Waals surface area contributed by atoms with Crippen LogP contribution in [0.2, 0.25) is 0 Å². The molecule has 0 saturated carbocycles. The Balaban J connectivity index is 1.88. The van der Waals surface area contributed by atoms with Crippen LogP contribution in [-0.4, -0.2) is 21.7 Å². The van der Waals surface area contributed by atoms with E-state index in [1.807, 2.05) is 30.3 Å². The molecule has 0 amide bonds. The van der Waals surface area contributed by atoms with Gasteiger partial charge in [0, 0.05) is 5.56 Å². The second-order valence-electron chi connectivity index (χ2n) is 5.51. The van der Waals surface area contributed by atoms with Crippen molar-refractivity contribution in [2.75, 3.05) is 7.11 Å². The number of benzene rings is 2. The van der Waals surface area contributed by atoms with Crippen LogP contribution in [0.4, 0.5) is 0 Å². The SMILES string of the molecule is COc1ccc(/C=c2/sc3nc(=O)c(-c4ccccc4)nn3c2=O)cc1. The van der Waals surface area contributed by atoms with Crippen molar-refractivity contribution < 1.29 is 4.74 Å². The van der Waals surface area contributed by atoms with Gasteiger partial charge in [-0.05, 0) is 23.8 Å². The van der Waals surface area contributed by atoms with Gasteiger partial charge >= 0.3 is 5.56 Å². The van der Waals surface area contributed by atoms with E-state index < -0.39 is 5.56 Å². The van der Waals surface area contributed by atoms with Gasteiger partial charge in [-0.25, -0.2) is 0 Å². The average molecular weight is 363 g/mol. The predicted octanol–water partition coefficient (Wildman–Crippen LogP) is 1.73. The highest BCUT2D eigenvalue weighted by Gasteiger charge is 2.12. The van der Waals surface area contributed by atoms with Crippen LogP contribution in [0.25, 0.3) is 22.3 Å². The van der Waals surface area contributed by atoms with E-state index in [0.29, 0.717) is 10.1 Å². The van der Waals surface area contributed by atoms with E-state index in [1.54, 1.807) is 37.5 Å². The average Bonchev–Trinajstić information content (AvgIpc) is 2.97. The van der Waals surface area contributed by atoms with Crippen molar-refractivity contribution in [1.82, 2.24) is 14.6 Å². The Morgan fingerprint density at radius 3 is 2.46 bits per heavy atom. The lowest BCUT2D eigenvalue weighted by Crippen LogP contribution is -2.26. The van der Waals surface area contributed by atoms with E-state index in [-0.39, 0.29) is 16.2 Å². The molecule has 0 radical (unpaired) electrons. The van der Waals surface area contributed by atoms with Crippen molar-refractivity contribution in [3.63, 3.8) is 0 Å². The third-order valence-electron chi connectivity index (χ3n) is 3.85. The molecule has 0 saturated heterocycles. The van der Waals surface area contributed by atoms with Gasteiger partial charge in [0.05, 0.1) is 11.6 Å². The molecule has 0 aliphatic carbocycles. The fourth-order valence-electron chi connectivity index (χ4n) is 2.54. The minimum absolute atomic E-state index is 0.161. The summed E-state index contributed by atoms with van der Waals surface area (Å²) < 4.78 is 6.77. The van der Waals surface area contributed by atoms with Crippen LogP contribution in [0.3, 0.4) is 0 Å². The van der Waals surface area contributed by atoms with Crippen molar-refractivity contribution >= 4 is 22.4 Å². The van der Waals surface area contributed by atoms with E-state index in [0.717, 1.165) is 22.6 Å². The zero-order valence-corrected chi connectivity index (χ0v) is 14.6. The third kappa shape index (κ3) is 2.89. The summed E-state index contributed by atoms with van der Waals surface area (Å²) in [4.78, 5) is 29.2. The zero-order chi connectivity index (χ0) is 18.1. The maximum Gasteiger partial charge on any atom is 0.300 e. The molecule has 0 aliphatic rings. The number of rotatable bonds is 3. The highest BCUT2D eigenvalue weighted by Crippen LogP contribution is 2.13. The zero-order valence-electron chi connectivity index (χ0n) is 13.7. The molecule has 26 heavy (non-hydrogen) atoms. The first-order valence-electron chi connectivity index (χ1n) is 7.81. The summed E-state index contributed by atoms with van der Waals surface area (Å²) in [5, 5.41) is 4.23. The molecular weight excluding hydrogens is 350 g/mol. The topological polar surface area (TPSA) is 73.6 Å². The minimum Gasteiger partial charge on any atom is -0.497 e. The van der Waals surface area contributed by atoms with Crippen LogP contribution in [0, 0.1) is 0 Å². The van der Waals surface area contributed by atoms with E-state index in [1.165, 1.54) is 4.52 Å². The molecule has 0 spiro atoms. The molecule has 4 aromatic rings. The highest BCUT2D eigenvalue weighted by atomic mass is 32.1. The monoisotopic (exact) mass is 363 g/mol. The first-order chi connectivity index (χ1) is 12.7. The van der Waals surface area contributed by atoms with Crippen LogP contribution >= 0.6 is 11.3 Å². The van der Waals surface area contributed by atoms with Gasteiger partial charge < -0.3 is 4.74 Å². The molecule has 0 bridgehead atoms. The number of hydrogen-bond acceptors (Lipinski definition) is 6. The van der Waals surface area contributed by atoms with Gasteiger partial charge in [0.15, 0.2) is 5.69 Å². The summed E-state index contributed by atoms with van der Waals surface area (Å²) in [7, 11) is 1.60. The van der Waals surface area contributed by atoms with E-state index in [4.69, 9.17) is 4.74 Å². The second kappa shape index (κ2) is 6.53. The molecule has 4 rings (SSSR count). The number of methoxy groups -OCH3 is 1. The largest absolute Gasteiger partial charge is 0.497 e. The lowest BCUT2D eigenvalue weighted by atomic mass is 10.2. The van der Waals surface area contributed by atoms with Gasteiger partial charge in [0.25, 0.3) is 5.56 Å². The molecule has 2 aromatic carbocycles. The molecule has 0 aliphatic heterocycles. The second-order valence-corrected chi connectivity index (χ2v) is 6.52. The summed E-state index contributed by atoms with van der Waals surface area (Å²) in [5.74, 6) is 0.738. The Kier molecular flexibility index (Phi) is 4.06. The lowest BCUT2D eigenvalue weighted by molar-refractivity contribution is 0.415. The van der Waals surface area contributed by atoms with Crippen LogP contribution in [0.15, 0.2) is 64.2 Å². The van der Waals surface area contributed by atoms with E-state index in [9.17, 15) is 9.59 Å². The number of nitrogens with zero attached hydrogens (tertiary/aromatic N) is 3. The first kappa shape index (κ1) is 16.2. The summed E-state index contributed by atoms with van der Waals surface area (Å²) in [6, 6.07) is 16.3. The molecule has 6 nitrogen and oxygen atoms in total. The Bertz CT molecular complexity index is 1250. The molecule has 2 heterocycles. The Labute approximate surface area is 151 Å². The molecule has 7 heteroatoms. The van der Waals surface area contributed by atoms with Crippen molar-refractivity contribution in [2.24, 2.45) is 0 Å². The van der Waals surface area contributed by atoms with Crippen LogP contribution in [-0.2, 0) is 0 Å². The number of fused-ring (bicyclic) bond motifs is 1. The summed E-state index contributed by atoms with van der Waals surface area (Å²) >= 11 is 1.14. The fraction of sp³-hybridized carbons (Fsp3) is 0.0526. The van der Waals surface area contributed by atoms with Gasteiger partial charge in [-0.2, -0.15) is 14.6 Å². The van der Waals surface area contributed by atoms with Crippen molar-refractivity contribution in [2.45, 2.75) is 0 Å². The maximum absolute atomic E-state index is 12.7. The van der Waals surface area contributed by atoms with Gasteiger partial charge in [-0.1, -0.05) is 53.8 Å². The van der Waals surface area contributed by atoms with Crippen molar-refractivity contribution in [3.8, 4) is 17.0 Å². The lowest BCUT2D eigenvalue weighted by Gasteiger charge is -1.98. The molecule has 128 valence electrons. The molecule has 0 N–H and O–H groups in total. The standard InChI is InChI=1S/C19H13N3O3S/c1-25-14-9-7-12(8-10-14)11-15-18(24)22-19(26-15)20-17(23)16(21-22)13-5-3-2-4-6-13/h2-11H,1H3/b15-11+. The molecule has 2 aromatic heterocycles. The number of hydrogen-bond donors (Lipinski definition) is 0. The number of ether oxygens (including phenoxy) is 1. The van der Waals surface area contributed by atoms with Gasteiger partial charge in [-0.3, -0.25) is 9.59 Å². The summed E-state index contributed by atoms with van der Waals surface area (Å²) in [5.41, 5.74) is 0.888. The van der Waals surface area contributed by atoms with Crippen LogP contribution < -0.4 is 20.4 Å².